The summed E-state index contributed by atoms with van der Waals surface area (Å²) < 4.78 is 0. The van der Waals surface area contributed by atoms with Gasteiger partial charge in [0, 0.05) is 24.4 Å². The summed E-state index contributed by atoms with van der Waals surface area (Å²) in [7, 11) is 0. The molecule has 1 saturated carbocycles. The second kappa shape index (κ2) is 4.99. The summed E-state index contributed by atoms with van der Waals surface area (Å²) in [6.07, 6.45) is 2.77. The number of rotatable bonds is 3. The van der Waals surface area contributed by atoms with E-state index >= 15 is 0 Å². The Labute approximate surface area is 128 Å². The van der Waals surface area contributed by atoms with E-state index in [1.165, 1.54) is 0 Å². The first-order valence-corrected chi connectivity index (χ1v) is 7.60. The number of carbonyl (C=O) groups is 1. The van der Waals surface area contributed by atoms with Gasteiger partial charge in [-0.1, -0.05) is 18.2 Å². The Morgan fingerprint density at radius 1 is 1.32 bits per heavy atom. The Morgan fingerprint density at radius 3 is 2.91 bits per heavy atom. The van der Waals surface area contributed by atoms with Gasteiger partial charge >= 0.3 is 0 Å². The van der Waals surface area contributed by atoms with Gasteiger partial charge in [-0.05, 0) is 25.0 Å². The molecule has 1 aromatic carbocycles. The zero-order chi connectivity index (χ0) is 15.1. The predicted octanol–water partition coefficient (Wildman–Crippen LogP) is 2.28. The normalized spacial score (nSPS) is 21.1. The first-order chi connectivity index (χ1) is 10.7. The van der Waals surface area contributed by atoms with Crippen molar-refractivity contribution < 1.29 is 4.79 Å². The molecular formula is C17H16N4O. The molecule has 1 amide bonds. The van der Waals surface area contributed by atoms with Crippen LogP contribution in [0.15, 0.2) is 30.3 Å². The largest absolute Gasteiger partial charge is 0.365 e. The molecule has 0 radical (unpaired) electrons. The second-order valence-corrected chi connectivity index (χ2v) is 6.01. The molecule has 5 nitrogen and oxygen atoms in total. The number of anilines is 1. The highest BCUT2D eigenvalue weighted by Crippen LogP contribution is 2.31. The number of para-hydroxylation sites is 1. The molecule has 2 fully saturated rings. The number of likely N-dealkylation sites (tertiary alicyclic amines) is 1. The van der Waals surface area contributed by atoms with Crippen LogP contribution in [0.3, 0.4) is 0 Å². The van der Waals surface area contributed by atoms with Gasteiger partial charge in [-0.25, -0.2) is 4.98 Å². The number of fused-ring (bicyclic) bond motifs is 1. The van der Waals surface area contributed by atoms with Gasteiger partial charge in [0.1, 0.15) is 5.82 Å². The van der Waals surface area contributed by atoms with Crippen molar-refractivity contribution in [1.29, 1.82) is 5.26 Å². The minimum Gasteiger partial charge on any atom is -0.365 e. The molecule has 5 heteroatoms. The van der Waals surface area contributed by atoms with Gasteiger partial charge in [0.15, 0.2) is 0 Å². The minimum atomic E-state index is 0.0771. The number of nitriles is 1. The summed E-state index contributed by atoms with van der Waals surface area (Å²) in [6, 6.07) is 12.1. The second-order valence-electron chi connectivity index (χ2n) is 6.01. The maximum Gasteiger partial charge on any atom is 0.225 e. The molecular weight excluding hydrogens is 276 g/mol. The van der Waals surface area contributed by atoms with Crippen molar-refractivity contribution in [3.8, 4) is 6.07 Å². The van der Waals surface area contributed by atoms with Gasteiger partial charge in [0.05, 0.1) is 23.2 Å². The van der Waals surface area contributed by atoms with Gasteiger partial charge in [0.2, 0.25) is 5.91 Å². The summed E-state index contributed by atoms with van der Waals surface area (Å²) >= 11 is 0. The third kappa shape index (κ3) is 2.27. The Hall–Kier alpha value is -2.61. The Bertz CT molecular complexity index is 791. The van der Waals surface area contributed by atoms with Crippen molar-refractivity contribution in [3.63, 3.8) is 0 Å². The number of hydrogen-bond acceptors (Lipinski definition) is 4. The van der Waals surface area contributed by atoms with Crippen molar-refractivity contribution in [2.45, 2.75) is 31.3 Å². The van der Waals surface area contributed by atoms with E-state index in [-0.39, 0.29) is 11.9 Å². The maximum atomic E-state index is 12.0. The third-order valence-corrected chi connectivity index (χ3v) is 4.33. The molecule has 22 heavy (non-hydrogen) atoms. The summed E-state index contributed by atoms with van der Waals surface area (Å²) in [5.74, 6) is 0.895. The zero-order valence-corrected chi connectivity index (χ0v) is 12.1. The molecule has 1 aliphatic carbocycles. The van der Waals surface area contributed by atoms with Crippen LogP contribution in [-0.2, 0) is 4.79 Å². The predicted molar refractivity (Wildman–Crippen MR) is 83.2 cm³/mol. The van der Waals surface area contributed by atoms with Crippen molar-refractivity contribution in [3.05, 3.63) is 35.9 Å². The lowest BCUT2D eigenvalue weighted by Gasteiger charge is -2.16. The molecule has 110 valence electrons. The number of nitrogens with zero attached hydrogens (tertiary/aromatic N) is 3. The first kappa shape index (κ1) is 13.1. The lowest BCUT2D eigenvalue weighted by atomic mass is 10.1. The van der Waals surface area contributed by atoms with Gasteiger partial charge < -0.3 is 10.2 Å². The number of carbonyl (C=O) groups excluding carboxylic acids is 1. The Balaban J connectivity index is 1.59. The highest BCUT2D eigenvalue weighted by molar-refractivity contribution is 5.86. The average Bonchev–Trinajstić information content (AvgIpc) is 3.30. The molecule has 0 bridgehead atoms. The fourth-order valence-corrected chi connectivity index (χ4v) is 3.12. The summed E-state index contributed by atoms with van der Waals surface area (Å²) in [5.41, 5.74) is 1.41. The monoisotopic (exact) mass is 292 g/mol. The molecule has 2 aliphatic rings. The van der Waals surface area contributed by atoms with E-state index in [1.807, 2.05) is 29.2 Å². The topological polar surface area (TPSA) is 69.0 Å². The van der Waals surface area contributed by atoms with Crippen LogP contribution in [0, 0.1) is 11.3 Å². The van der Waals surface area contributed by atoms with Crippen molar-refractivity contribution >= 4 is 22.6 Å². The minimum absolute atomic E-state index is 0.0771. The summed E-state index contributed by atoms with van der Waals surface area (Å²) in [6.45, 7) is 0.736. The lowest BCUT2D eigenvalue weighted by Crippen LogP contribution is -2.29. The van der Waals surface area contributed by atoms with E-state index in [0.717, 1.165) is 30.3 Å². The summed E-state index contributed by atoms with van der Waals surface area (Å²) in [4.78, 5) is 18.5. The van der Waals surface area contributed by atoms with E-state index in [2.05, 4.69) is 16.4 Å². The zero-order valence-electron chi connectivity index (χ0n) is 12.1. The van der Waals surface area contributed by atoms with Gasteiger partial charge in [-0.15, -0.1) is 0 Å². The van der Waals surface area contributed by atoms with Crippen molar-refractivity contribution in [2.24, 2.45) is 0 Å². The van der Waals surface area contributed by atoms with Crippen LogP contribution in [0.1, 0.15) is 24.8 Å². The SMILES string of the molecule is N#Cc1cc(N[C@H]2CC(=O)N(C3CC3)C2)nc2ccccc12. The Kier molecular flexibility index (Phi) is 2.97. The van der Waals surface area contributed by atoms with Crippen LogP contribution in [-0.4, -0.2) is 34.4 Å². The quantitative estimate of drug-likeness (QED) is 0.942. The van der Waals surface area contributed by atoms with E-state index in [4.69, 9.17) is 0 Å². The molecule has 2 aromatic rings. The van der Waals surface area contributed by atoms with Crippen LogP contribution < -0.4 is 5.32 Å². The molecule has 1 saturated heterocycles. The van der Waals surface area contributed by atoms with E-state index in [0.29, 0.717) is 23.8 Å². The number of benzene rings is 1. The molecule has 1 N–H and O–H groups in total. The van der Waals surface area contributed by atoms with Crippen LogP contribution in [0.25, 0.3) is 10.9 Å². The highest BCUT2D eigenvalue weighted by Gasteiger charge is 2.39. The average molecular weight is 292 g/mol. The fourth-order valence-electron chi connectivity index (χ4n) is 3.12. The third-order valence-electron chi connectivity index (χ3n) is 4.33. The number of nitrogens with one attached hydrogen (secondary N) is 1. The van der Waals surface area contributed by atoms with Crippen LogP contribution in [0.5, 0.6) is 0 Å². The fraction of sp³-hybridized carbons (Fsp3) is 0.353. The summed E-state index contributed by atoms with van der Waals surface area (Å²) in [5, 5.41) is 13.5. The molecule has 4 rings (SSSR count). The maximum absolute atomic E-state index is 12.0. The molecule has 1 aromatic heterocycles. The molecule has 0 spiro atoms. The standard InChI is InChI=1S/C17H16N4O/c18-9-11-7-16(20-15-4-2-1-3-14(11)15)19-12-8-17(22)21(10-12)13-5-6-13/h1-4,7,12-13H,5-6,8,10H2,(H,19,20)/t12-/m0/s1. The number of amides is 1. The first-order valence-electron chi connectivity index (χ1n) is 7.60. The molecule has 1 aliphatic heterocycles. The number of pyridine rings is 1. The molecule has 0 unspecified atom stereocenters. The number of aromatic nitrogens is 1. The van der Waals surface area contributed by atoms with Crippen LogP contribution >= 0.6 is 0 Å². The van der Waals surface area contributed by atoms with Crippen molar-refractivity contribution in [1.82, 2.24) is 9.88 Å². The van der Waals surface area contributed by atoms with E-state index < -0.39 is 0 Å². The van der Waals surface area contributed by atoms with Gasteiger partial charge in [-0.3, -0.25) is 4.79 Å². The Morgan fingerprint density at radius 2 is 2.14 bits per heavy atom. The van der Waals surface area contributed by atoms with Gasteiger partial charge in [0.25, 0.3) is 0 Å². The van der Waals surface area contributed by atoms with Crippen LogP contribution in [0.4, 0.5) is 5.82 Å². The number of hydrogen-bond donors (Lipinski definition) is 1. The highest BCUT2D eigenvalue weighted by atomic mass is 16.2. The molecule has 2 heterocycles. The van der Waals surface area contributed by atoms with Gasteiger partial charge in [-0.2, -0.15) is 5.26 Å². The van der Waals surface area contributed by atoms with Crippen molar-refractivity contribution in [2.75, 3.05) is 11.9 Å². The smallest absolute Gasteiger partial charge is 0.225 e. The van der Waals surface area contributed by atoms with Crippen LogP contribution in [0.2, 0.25) is 0 Å². The van der Waals surface area contributed by atoms with E-state index in [9.17, 15) is 10.1 Å². The molecule has 1 atom stereocenters. The lowest BCUT2D eigenvalue weighted by molar-refractivity contribution is -0.128. The van der Waals surface area contributed by atoms with E-state index in [1.54, 1.807) is 6.07 Å².